The van der Waals surface area contributed by atoms with Crippen LogP contribution < -0.4 is 10.6 Å². The number of hydrogen-bond acceptors (Lipinski definition) is 3. The lowest BCUT2D eigenvalue weighted by Gasteiger charge is -2.17. The van der Waals surface area contributed by atoms with Crippen LogP contribution in [-0.4, -0.2) is 36.0 Å². The lowest BCUT2D eigenvalue weighted by Crippen LogP contribution is -2.46. The Hall–Kier alpha value is -0.660. The maximum absolute atomic E-state index is 11.4. The molecule has 3 nitrogen and oxygen atoms in total. The van der Waals surface area contributed by atoms with Gasteiger partial charge in [0.25, 0.3) is 0 Å². The molecule has 4 heteroatoms. The van der Waals surface area contributed by atoms with E-state index in [-0.39, 0.29) is 11.9 Å². The molecule has 0 radical (unpaired) electrons. The summed E-state index contributed by atoms with van der Waals surface area (Å²) in [4.78, 5) is 11.4. The maximum Gasteiger partial charge on any atom is 0.237 e. The molecule has 0 aromatic rings. The van der Waals surface area contributed by atoms with E-state index < -0.39 is 0 Å². The number of hydrogen-bond donors (Lipinski definition) is 2. The Kier molecular flexibility index (Phi) is 4.85. The fraction of sp³-hybridized carbons (Fsp3) is 0.700. The standard InChI is InChI=1S/C10H16N2OS/c1-3-5-11-10(13)8(2)12-9-4-6-14-7-9/h1,8-9,12H,4-7H2,2H3,(H,11,13). The van der Waals surface area contributed by atoms with Gasteiger partial charge in [0, 0.05) is 11.8 Å². The highest BCUT2D eigenvalue weighted by molar-refractivity contribution is 7.99. The predicted octanol–water partition coefficient (Wildman–Crippen LogP) is 0.219. The molecule has 2 unspecified atom stereocenters. The zero-order valence-electron chi connectivity index (χ0n) is 8.38. The van der Waals surface area contributed by atoms with Crippen LogP contribution in [0.25, 0.3) is 0 Å². The molecule has 0 saturated carbocycles. The Morgan fingerprint density at radius 1 is 1.79 bits per heavy atom. The highest BCUT2D eigenvalue weighted by Crippen LogP contribution is 2.17. The second kappa shape index (κ2) is 5.94. The zero-order valence-corrected chi connectivity index (χ0v) is 9.19. The molecule has 0 aliphatic carbocycles. The van der Waals surface area contributed by atoms with Gasteiger partial charge in [0.2, 0.25) is 5.91 Å². The van der Waals surface area contributed by atoms with Crippen molar-refractivity contribution in [3.63, 3.8) is 0 Å². The molecule has 14 heavy (non-hydrogen) atoms. The number of nitrogens with one attached hydrogen (secondary N) is 2. The van der Waals surface area contributed by atoms with Crippen molar-refractivity contribution in [1.82, 2.24) is 10.6 Å². The third kappa shape index (κ3) is 3.60. The van der Waals surface area contributed by atoms with E-state index in [1.807, 2.05) is 18.7 Å². The third-order valence-electron chi connectivity index (χ3n) is 2.17. The fourth-order valence-electron chi connectivity index (χ4n) is 1.39. The average Bonchev–Trinajstić information content (AvgIpc) is 2.66. The van der Waals surface area contributed by atoms with E-state index in [0.717, 1.165) is 12.2 Å². The fourth-order valence-corrected chi connectivity index (χ4v) is 2.55. The maximum atomic E-state index is 11.4. The van der Waals surface area contributed by atoms with Gasteiger partial charge in [0.15, 0.2) is 0 Å². The molecule has 1 amide bonds. The van der Waals surface area contributed by atoms with E-state index in [1.165, 1.54) is 5.75 Å². The van der Waals surface area contributed by atoms with Crippen molar-refractivity contribution in [3.05, 3.63) is 0 Å². The molecule has 1 heterocycles. The average molecular weight is 212 g/mol. The molecule has 1 aliphatic rings. The molecule has 0 aromatic heterocycles. The van der Waals surface area contributed by atoms with Gasteiger partial charge >= 0.3 is 0 Å². The highest BCUT2D eigenvalue weighted by Gasteiger charge is 2.20. The molecule has 2 atom stereocenters. The van der Waals surface area contributed by atoms with Gasteiger partial charge in [-0.15, -0.1) is 6.42 Å². The quantitative estimate of drug-likeness (QED) is 0.655. The Morgan fingerprint density at radius 3 is 3.14 bits per heavy atom. The van der Waals surface area contributed by atoms with Crippen molar-refractivity contribution in [2.24, 2.45) is 0 Å². The molecular weight excluding hydrogens is 196 g/mol. The van der Waals surface area contributed by atoms with Gasteiger partial charge < -0.3 is 10.6 Å². The first kappa shape index (κ1) is 11.4. The molecule has 78 valence electrons. The van der Waals surface area contributed by atoms with E-state index >= 15 is 0 Å². The van der Waals surface area contributed by atoms with Crippen LogP contribution in [0.15, 0.2) is 0 Å². The summed E-state index contributed by atoms with van der Waals surface area (Å²) in [7, 11) is 0. The van der Waals surface area contributed by atoms with Gasteiger partial charge in [-0.25, -0.2) is 0 Å². The van der Waals surface area contributed by atoms with Gasteiger partial charge in [0.05, 0.1) is 12.6 Å². The molecule has 2 N–H and O–H groups in total. The van der Waals surface area contributed by atoms with E-state index in [2.05, 4.69) is 16.6 Å². The van der Waals surface area contributed by atoms with Crippen LogP contribution in [0.4, 0.5) is 0 Å². The van der Waals surface area contributed by atoms with Crippen molar-refractivity contribution in [3.8, 4) is 12.3 Å². The zero-order chi connectivity index (χ0) is 10.4. The Morgan fingerprint density at radius 2 is 2.57 bits per heavy atom. The monoisotopic (exact) mass is 212 g/mol. The molecular formula is C10H16N2OS. The van der Waals surface area contributed by atoms with Gasteiger partial charge in [-0.05, 0) is 19.1 Å². The van der Waals surface area contributed by atoms with Gasteiger partial charge in [-0.1, -0.05) is 5.92 Å². The topological polar surface area (TPSA) is 41.1 Å². The van der Waals surface area contributed by atoms with Crippen molar-refractivity contribution in [1.29, 1.82) is 0 Å². The first-order chi connectivity index (χ1) is 6.74. The minimum atomic E-state index is -0.146. The van der Waals surface area contributed by atoms with E-state index in [4.69, 9.17) is 6.42 Å². The van der Waals surface area contributed by atoms with Crippen molar-refractivity contribution in [2.45, 2.75) is 25.4 Å². The number of carbonyl (C=O) groups excluding carboxylic acids is 1. The third-order valence-corrected chi connectivity index (χ3v) is 3.34. The number of carbonyl (C=O) groups is 1. The number of terminal acetylenes is 1. The summed E-state index contributed by atoms with van der Waals surface area (Å²) in [6.07, 6.45) is 6.20. The van der Waals surface area contributed by atoms with Gasteiger partial charge in [-0.3, -0.25) is 4.79 Å². The van der Waals surface area contributed by atoms with E-state index in [9.17, 15) is 4.79 Å². The van der Waals surface area contributed by atoms with E-state index in [1.54, 1.807) is 0 Å². The first-order valence-corrected chi connectivity index (χ1v) is 5.94. The second-order valence-electron chi connectivity index (χ2n) is 3.37. The van der Waals surface area contributed by atoms with Crippen LogP contribution in [0.5, 0.6) is 0 Å². The molecule has 0 aromatic carbocycles. The van der Waals surface area contributed by atoms with E-state index in [0.29, 0.717) is 12.6 Å². The summed E-state index contributed by atoms with van der Waals surface area (Å²) in [6, 6.07) is 0.332. The molecule has 1 aliphatic heterocycles. The van der Waals surface area contributed by atoms with Gasteiger partial charge in [-0.2, -0.15) is 11.8 Å². The summed E-state index contributed by atoms with van der Waals surface area (Å²) >= 11 is 1.93. The summed E-state index contributed by atoms with van der Waals surface area (Å²) in [6.45, 7) is 2.18. The van der Waals surface area contributed by atoms with Crippen LogP contribution in [0.2, 0.25) is 0 Å². The number of rotatable bonds is 4. The number of thioether (sulfide) groups is 1. The Labute approximate surface area is 89.4 Å². The molecule has 1 fully saturated rings. The highest BCUT2D eigenvalue weighted by atomic mass is 32.2. The van der Waals surface area contributed by atoms with Gasteiger partial charge in [0.1, 0.15) is 0 Å². The van der Waals surface area contributed by atoms with Crippen LogP contribution in [0.3, 0.4) is 0 Å². The minimum absolute atomic E-state index is 0.0140. The Balaban J connectivity index is 2.22. The van der Waals surface area contributed by atoms with Crippen LogP contribution in [0.1, 0.15) is 13.3 Å². The lowest BCUT2D eigenvalue weighted by atomic mass is 10.2. The summed E-state index contributed by atoms with van der Waals surface area (Å²) in [5, 5.41) is 5.95. The molecule has 1 saturated heterocycles. The largest absolute Gasteiger partial charge is 0.344 e. The minimum Gasteiger partial charge on any atom is -0.344 e. The normalized spacial score (nSPS) is 22.7. The summed E-state index contributed by atoms with van der Waals surface area (Å²) in [5.74, 6) is 4.66. The molecule has 0 bridgehead atoms. The van der Waals surface area contributed by atoms with Crippen molar-refractivity contribution in [2.75, 3.05) is 18.1 Å². The summed E-state index contributed by atoms with van der Waals surface area (Å²) < 4.78 is 0. The smallest absolute Gasteiger partial charge is 0.237 e. The van der Waals surface area contributed by atoms with Crippen LogP contribution in [-0.2, 0) is 4.79 Å². The molecule has 0 spiro atoms. The van der Waals surface area contributed by atoms with Crippen LogP contribution >= 0.6 is 11.8 Å². The number of amides is 1. The van der Waals surface area contributed by atoms with Crippen molar-refractivity contribution >= 4 is 17.7 Å². The second-order valence-corrected chi connectivity index (χ2v) is 4.52. The van der Waals surface area contributed by atoms with Crippen molar-refractivity contribution < 1.29 is 4.79 Å². The summed E-state index contributed by atoms with van der Waals surface area (Å²) in [5.41, 5.74) is 0. The Bertz CT molecular complexity index is 231. The first-order valence-electron chi connectivity index (χ1n) is 4.79. The predicted molar refractivity (Wildman–Crippen MR) is 60.2 cm³/mol. The van der Waals surface area contributed by atoms with Crippen LogP contribution in [0, 0.1) is 12.3 Å². The SMILES string of the molecule is C#CCNC(=O)C(C)NC1CCSC1. The molecule has 1 rings (SSSR count). The lowest BCUT2D eigenvalue weighted by molar-refractivity contribution is -0.122.